The van der Waals surface area contributed by atoms with Crippen molar-refractivity contribution < 1.29 is 10.2 Å². The Kier molecular flexibility index (Phi) is 2.45. The van der Waals surface area contributed by atoms with Crippen LogP contribution in [0.15, 0.2) is 18.3 Å². The molecule has 1 rings (SSSR count). The van der Waals surface area contributed by atoms with Gasteiger partial charge in [0.25, 0.3) is 0 Å². The van der Waals surface area contributed by atoms with E-state index in [9.17, 15) is 5.11 Å². The molecule has 0 bridgehead atoms. The third-order valence-corrected chi connectivity index (χ3v) is 1.83. The molecule has 1 heterocycles. The topological polar surface area (TPSA) is 53.4 Å². The van der Waals surface area contributed by atoms with Crippen molar-refractivity contribution in [1.82, 2.24) is 4.98 Å². The summed E-state index contributed by atoms with van der Waals surface area (Å²) in [6.07, 6.45) is 1.62. The lowest BCUT2D eigenvalue weighted by Crippen LogP contribution is -2.25. The van der Waals surface area contributed by atoms with Gasteiger partial charge in [0.15, 0.2) is 0 Å². The molecule has 1 atom stereocenters. The Labute approximate surface area is 71.7 Å². The second-order valence-electron chi connectivity index (χ2n) is 3.12. The van der Waals surface area contributed by atoms with E-state index in [1.165, 1.54) is 0 Å². The van der Waals surface area contributed by atoms with Crippen LogP contribution in [-0.4, -0.2) is 21.8 Å². The Hall–Kier alpha value is -0.930. The van der Waals surface area contributed by atoms with Crippen LogP contribution in [-0.2, 0) is 5.60 Å². The van der Waals surface area contributed by atoms with Crippen LogP contribution < -0.4 is 0 Å². The lowest BCUT2D eigenvalue weighted by molar-refractivity contribution is -0.00239. The fraction of sp³-hybridized carbons (Fsp3) is 0.444. The summed E-state index contributed by atoms with van der Waals surface area (Å²) in [5, 5.41) is 18.5. The molecule has 0 aliphatic carbocycles. The number of nitrogens with zero attached hydrogens (tertiary/aromatic N) is 1. The molecule has 0 aromatic carbocycles. The zero-order valence-corrected chi connectivity index (χ0v) is 7.28. The summed E-state index contributed by atoms with van der Waals surface area (Å²) < 4.78 is 0. The third kappa shape index (κ3) is 1.81. The third-order valence-electron chi connectivity index (χ3n) is 1.83. The molecule has 0 radical (unpaired) electrons. The van der Waals surface area contributed by atoms with Crippen molar-refractivity contribution in [3.05, 3.63) is 29.6 Å². The summed E-state index contributed by atoms with van der Waals surface area (Å²) >= 11 is 0. The van der Waals surface area contributed by atoms with Gasteiger partial charge in [-0.2, -0.15) is 0 Å². The molecule has 0 unspecified atom stereocenters. The molecule has 0 spiro atoms. The van der Waals surface area contributed by atoms with Gasteiger partial charge in [-0.3, -0.25) is 4.98 Å². The number of pyridine rings is 1. The van der Waals surface area contributed by atoms with Gasteiger partial charge in [-0.15, -0.1) is 0 Å². The first-order valence-corrected chi connectivity index (χ1v) is 3.82. The van der Waals surface area contributed by atoms with Crippen molar-refractivity contribution in [3.63, 3.8) is 0 Å². The van der Waals surface area contributed by atoms with Gasteiger partial charge in [-0.1, -0.05) is 0 Å². The molecule has 0 saturated carbocycles. The molecule has 0 aliphatic rings. The number of hydrogen-bond acceptors (Lipinski definition) is 3. The molecule has 0 saturated heterocycles. The zero-order valence-electron chi connectivity index (χ0n) is 7.28. The number of aliphatic hydroxyl groups excluding tert-OH is 1. The number of aryl methyl sites for hydroxylation is 1. The fourth-order valence-corrected chi connectivity index (χ4v) is 0.972. The highest BCUT2D eigenvalue weighted by atomic mass is 16.3. The first-order valence-electron chi connectivity index (χ1n) is 3.82. The lowest BCUT2D eigenvalue weighted by Gasteiger charge is -2.20. The summed E-state index contributed by atoms with van der Waals surface area (Å²) in [4.78, 5) is 3.99. The van der Waals surface area contributed by atoms with E-state index in [1.807, 2.05) is 6.92 Å². The summed E-state index contributed by atoms with van der Waals surface area (Å²) in [7, 11) is 0. The fourth-order valence-electron chi connectivity index (χ4n) is 0.972. The lowest BCUT2D eigenvalue weighted by atomic mass is 9.98. The van der Waals surface area contributed by atoms with Gasteiger partial charge in [-0.05, 0) is 31.5 Å². The van der Waals surface area contributed by atoms with E-state index < -0.39 is 5.60 Å². The van der Waals surface area contributed by atoms with Crippen molar-refractivity contribution in [1.29, 1.82) is 0 Å². The molecule has 66 valence electrons. The van der Waals surface area contributed by atoms with Gasteiger partial charge in [0.05, 0.1) is 6.61 Å². The van der Waals surface area contributed by atoms with Crippen molar-refractivity contribution >= 4 is 0 Å². The van der Waals surface area contributed by atoms with Crippen LogP contribution in [0.4, 0.5) is 0 Å². The molecule has 2 N–H and O–H groups in total. The Morgan fingerprint density at radius 2 is 2.25 bits per heavy atom. The first kappa shape index (κ1) is 9.16. The zero-order chi connectivity index (χ0) is 9.19. The maximum Gasteiger partial charge on any atom is 0.110 e. The molecule has 1 aromatic rings. The Bertz CT molecular complexity index is 271. The van der Waals surface area contributed by atoms with Crippen molar-refractivity contribution in [2.24, 2.45) is 0 Å². The second-order valence-corrected chi connectivity index (χ2v) is 3.12. The van der Waals surface area contributed by atoms with Gasteiger partial charge in [0.2, 0.25) is 0 Å². The predicted molar refractivity (Wildman–Crippen MR) is 45.6 cm³/mol. The van der Waals surface area contributed by atoms with Crippen molar-refractivity contribution in [2.45, 2.75) is 19.4 Å². The smallest absolute Gasteiger partial charge is 0.110 e. The molecule has 3 heteroatoms. The minimum Gasteiger partial charge on any atom is -0.393 e. The van der Waals surface area contributed by atoms with Crippen LogP contribution in [0, 0.1) is 6.92 Å². The number of rotatable bonds is 2. The largest absolute Gasteiger partial charge is 0.393 e. The first-order chi connectivity index (χ1) is 5.56. The normalized spacial score (nSPS) is 15.7. The highest BCUT2D eigenvalue weighted by Crippen LogP contribution is 2.19. The SMILES string of the molecule is Cc1cc([C@](C)(O)CO)ccn1. The Morgan fingerprint density at radius 3 is 2.75 bits per heavy atom. The Balaban J connectivity index is 3.03. The van der Waals surface area contributed by atoms with E-state index in [2.05, 4.69) is 4.98 Å². The quantitative estimate of drug-likeness (QED) is 0.677. The monoisotopic (exact) mass is 167 g/mol. The summed E-state index contributed by atoms with van der Waals surface area (Å²) in [6, 6.07) is 3.46. The van der Waals surface area contributed by atoms with Crippen molar-refractivity contribution in [2.75, 3.05) is 6.61 Å². The van der Waals surface area contributed by atoms with E-state index in [4.69, 9.17) is 5.11 Å². The predicted octanol–water partition coefficient (Wildman–Crippen LogP) is 0.590. The molecule has 0 amide bonds. The van der Waals surface area contributed by atoms with Crippen LogP contribution >= 0.6 is 0 Å². The average molecular weight is 167 g/mol. The van der Waals surface area contributed by atoms with Crippen LogP contribution in [0.5, 0.6) is 0 Å². The highest BCUT2D eigenvalue weighted by Gasteiger charge is 2.21. The van der Waals surface area contributed by atoms with Crippen LogP contribution in [0.25, 0.3) is 0 Å². The Morgan fingerprint density at radius 1 is 1.58 bits per heavy atom. The highest BCUT2D eigenvalue weighted by molar-refractivity contribution is 5.21. The maximum absolute atomic E-state index is 9.64. The van der Waals surface area contributed by atoms with Gasteiger partial charge in [0, 0.05) is 11.9 Å². The van der Waals surface area contributed by atoms with Gasteiger partial charge in [-0.25, -0.2) is 0 Å². The number of hydrogen-bond donors (Lipinski definition) is 2. The molecule has 0 aliphatic heterocycles. The summed E-state index contributed by atoms with van der Waals surface area (Å²) in [6.45, 7) is 3.13. The minimum absolute atomic E-state index is 0.281. The molecule has 3 nitrogen and oxygen atoms in total. The van der Waals surface area contributed by atoms with Gasteiger partial charge >= 0.3 is 0 Å². The van der Waals surface area contributed by atoms with E-state index in [0.717, 1.165) is 5.69 Å². The van der Waals surface area contributed by atoms with Gasteiger partial charge in [0.1, 0.15) is 5.60 Å². The second kappa shape index (κ2) is 3.21. The van der Waals surface area contributed by atoms with Crippen LogP contribution in [0.3, 0.4) is 0 Å². The number of aromatic nitrogens is 1. The van der Waals surface area contributed by atoms with E-state index in [0.29, 0.717) is 5.56 Å². The molecular weight excluding hydrogens is 154 g/mol. The van der Waals surface area contributed by atoms with Crippen LogP contribution in [0.2, 0.25) is 0 Å². The minimum atomic E-state index is -1.16. The van der Waals surface area contributed by atoms with Crippen LogP contribution in [0.1, 0.15) is 18.2 Å². The summed E-state index contributed by atoms with van der Waals surface area (Å²) in [5.41, 5.74) is 0.368. The molecule has 12 heavy (non-hydrogen) atoms. The standard InChI is InChI=1S/C9H13NO2/c1-7-5-8(3-4-10-7)9(2,12)6-11/h3-5,11-12H,6H2,1-2H3/t9-/m1/s1. The molecular formula is C9H13NO2. The van der Waals surface area contributed by atoms with Crippen molar-refractivity contribution in [3.8, 4) is 0 Å². The molecule has 0 fully saturated rings. The average Bonchev–Trinajstić information content (AvgIpc) is 2.05. The molecule has 1 aromatic heterocycles. The van der Waals surface area contributed by atoms with E-state index in [-0.39, 0.29) is 6.61 Å². The summed E-state index contributed by atoms with van der Waals surface area (Å²) in [5.74, 6) is 0. The van der Waals surface area contributed by atoms with Gasteiger partial charge < -0.3 is 10.2 Å². The van der Waals surface area contributed by atoms with E-state index >= 15 is 0 Å². The number of aliphatic hydroxyl groups is 2. The van der Waals surface area contributed by atoms with E-state index in [1.54, 1.807) is 25.3 Å². The maximum atomic E-state index is 9.64.